The molecule has 2 aromatic carbocycles. The monoisotopic (exact) mass is 449 g/mol. The van der Waals surface area contributed by atoms with Crippen LogP contribution in [0.2, 0.25) is 10.0 Å². The highest BCUT2D eigenvalue weighted by Gasteiger charge is 2.11. The number of rotatable bonds is 7. The minimum atomic E-state index is -0.218. The smallest absolute Gasteiger partial charge is 0.234 e. The molecule has 0 fully saturated rings. The van der Waals surface area contributed by atoms with E-state index in [0.717, 1.165) is 5.56 Å². The Kier molecular flexibility index (Phi) is 7.19. The molecule has 1 heterocycles. The fourth-order valence-corrected chi connectivity index (χ4v) is 3.43. The lowest BCUT2D eigenvalue weighted by atomic mass is 10.1. The Balaban J connectivity index is 1.62. The maximum absolute atomic E-state index is 12.2. The summed E-state index contributed by atoms with van der Waals surface area (Å²) >= 11 is 13.3. The summed E-state index contributed by atoms with van der Waals surface area (Å²) in [5, 5.41) is 12.5. The molecular formula is C20H17Cl2N3O3S. The van der Waals surface area contributed by atoms with Crippen LogP contribution < -0.4 is 14.8 Å². The molecule has 0 saturated heterocycles. The summed E-state index contributed by atoms with van der Waals surface area (Å²) in [6, 6.07) is 14.2. The summed E-state index contributed by atoms with van der Waals surface area (Å²) in [5.41, 5.74) is 2.00. The topological polar surface area (TPSA) is 73.3 Å². The normalized spacial score (nSPS) is 10.5. The van der Waals surface area contributed by atoms with Gasteiger partial charge in [-0.15, -0.1) is 10.2 Å². The van der Waals surface area contributed by atoms with E-state index in [2.05, 4.69) is 15.5 Å². The number of aromatic nitrogens is 2. The van der Waals surface area contributed by atoms with E-state index in [1.807, 2.05) is 30.3 Å². The molecule has 0 aliphatic carbocycles. The molecule has 9 heteroatoms. The quantitative estimate of drug-likeness (QED) is 0.499. The van der Waals surface area contributed by atoms with E-state index in [1.165, 1.54) is 11.8 Å². The van der Waals surface area contributed by atoms with Crippen LogP contribution in [0.25, 0.3) is 11.3 Å². The van der Waals surface area contributed by atoms with E-state index in [0.29, 0.717) is 38.0 Å². The van der Waals surface area contributed by atoms with Crippen LogP contribution in [0.1, 0.15) is 0 Å². The molecule has 3 aromatic rings. The summed E-state index contributed by atoms with van der Waals surface area (Å²) in [5.74, 6) is 1.20. The second kappa shape index (κ2) is 9.82. The molecule has 150 valence electrons. The first-order valence-corrected chi connectivity index (χ1v) is 10.2. The van der Waals surface area contributed by atoms with E-state index in [1.54, 1.807) is 32.4 Å². The van der Waals surface area contributed by atoms with Crippen molar-refractivity contribution in [3.05, 3.63) is 58.6 Å². The van der Waals surface area contributed by atoms with Crippen molar-refractivity contribution in [1.29, 1.82) is 0 Å². The molecule has 0 unspecified atom stereocenters. The third kappa shape index (κ3) is 5.32. The van der Waals surface area contributed by atoms with Crippen molar-refractivity contribution in [2.45, 2.75) is 5.03 Å². The van der Waals surface area contributed by atoms with Gasteiger partial charge in [0.2, 0.25) is 5.91 Å². The van der Waals surface area contributed by atoms with Crippen LogP contribution in [-0.4, -0.2) is 36.1 Å². The maximum atomic E-state index is 12.2. The highest BCUT2D eigenvalue weighted by atomic mass is 35.5. The molecule has 0 bridgehead atoms. The van der Waals surface area contributed by atoms with Gasteiger partial charge in [0.1, 0.15) is 5.03 Å². The van der Waals surface area contributed by atoms with Gasteiger partial charge in [-0.1, -0.05) is 41.0 Å². The zero-order valence-corrected chi connectivity index (χ0v) is 17.9. The first-order chi connectivity index (χ1) is 14.0. The molecule has 0 radical (unpaired) electrons. The molecule has 0 spiro atoms. The number of ether oxygens (including phenoxy) is 2. The second-order valence-corrected chi connectivity index (χ2v) is 7.55. The van der Waals surface area contributed by atoms with Crippen molar-refractivity contribution in [2.75, 3.05) is 25.3 Å². The number of hydrogen-bond acceptors (Lipinski definition) is 6. The van der Waals surface area contributed by atoms with E-state index >= 15 is 0 Å². The summed E-state index contributed by atoms with van der Waals surface area (Å²) in [6.45, 7) is 0. The Morgan fingerprint density at radius 2 is 1.83 bits per heavy atom. The van der Waals surface area contributed by atoms with Crippen LogP contribution in [-0.2, 0) is 4.79 Å². The first kappa shape index (κ1) is 21.2. The van der Waals surface area contributed by atoms with Crippen LogP contribution in [0.15, 0.2) is 53.6 Å². The lowest BCUT2D eigenvalue weighted by Crippen LogP contribution is -2.14. The van der Waals surface area contributed by atoms with E-state index in [9.17, 15) is 4.79 Å². The third-order valence-corrected chi connectivity index (χ3v) is 5.64. The zero-order chi connectivity index (χ0) is 20.8. The molecule has 1 N–H and O–H groups in total. The van der Waals surface area contributed by atoms with Crippen molar-refractivity contribution < 1.29 is 14.3 Å². The number of hydrogen-bond donors (Lipinski definition) is 1. The number of anilines is 1. The summed E-state index contributed by atoms with van der Waals surface area (Å²) in [7, 11) is 3.16. The van der Waals surface area contributed by atoms with E-state index < -0.39 is 0 Å². The Morgan fingerprint density at radius 3 is 2.52 bits per heavy atom. The number of thioether (sulfide) groups is 1. The molecule has 0 atom stereocenters. The molecule has 29 heavy (non-hydrogen) atoms. The number of amides is 1. The van der Waals surface area contributed by atoms with Gasteiger partial charge in [0.25, 0.3) is 0 Å². The van der Waals surface area contributed by atoms with Gasteiger partial charge in [-0.3, -0.25) is 4.79 Å². The van der Waals surface area contributed by atoms with Gasteiger partial charge < -0.3 is 14.8 Å². The predicted molar refractivity (Wildman–Crippen MR) is 116 cm³/mol. The fraction of sp³-hybridized carbons (Fsp3) is 0.150. The van der Waals surface area contributed by atoms with Crippen molar-refractivity contribution in [3.63, 3.8) is 0 Å². The minimum absolute atomic E-state index is 0.160. The Labute approximate surface area is 182 Å². The first-order valence-electron chi connectivity index (χ1n) is 8.44. The Bertz CT molecular complexity index is 1020. The standard InChI is InChI=1S/C20H17Cl2N3O3S/c1-27-16-8-6-12(10-17(16)28-2)14-7-9-19(25-24-14)29-11-18(26)23-15-5-3-4-13(21)20(15)22/h3-10H,11H2,1-2H3,(H,23,26). The lowest BCUT2D eigenvalue weighted by Gasteiger charge is -2.09. The molecule has 1 aromatic heterocycles. The number of methoxy groups -OCH3 is 2. The molecule has 0 saturated carbocycles. The average Bonchev–Trinajstić information content (AvgIpc) is 2.75. The van der Waals surface area contributed by atoms with Crippen LogP contribution in [0.3, 0.4) is 0 Å². The summed E-state index contributed by atoms with van der Waals surface area (Å²) < 4.78 is 10.6. The highest BCUT2D eigenvalue weighted by Crippen LogP contribution is 2.32. The average molecular weight is 450 g/mol. The van der Waals surface area contributed by atoms with Crippen LogP contribution in [0.4, 0.5) is 5.69 Å². The van der Waals surface area contributed by atoms with Gasteiger partial charge in [-0.2, -0.15) is 0 Å². The van der Waals surface area contributed by atoms with E-state index in [4.69, 9.17) is 32.7 Å². The number of carbonyl (C=O) groups is 1. The largest absolute Gasteiger partial charge is 0.493 e. The Hall–Kier alpha value is -2.48. The van der Waals surface area contributed by atoms with Crippen LogP contribution in [0.5, 0.6) is 11.5 Å². The molecule has 0 aliphatic heterocycles. The van der Waals surface area contributed by atoms with Gasteiger partial charge >= 0.3 is 0 Å². The predicted octanol–water partition coefficient (Wildman–Crippen LogP) is 5.20. The second-order valence-electron chi connectivity index (χ2n) is 5.76. The van der Waals surface area contributed by atoms with Gasteiger partial charge in [0.15, 0.2) is 11.5 Å². The fourth-order valence-electron chi connectivity index (χ4n) is 2.47. The SMILES string of the molecule is COc1ccc(-c2ccc(SCC(=O)Nc3cccc(Cl)c3Cl)nn2)cc1OC. The van der Waals surface area contributed by atoms with Crippen LogP contribution in [0, 0.1) is 0 Å². The number of nitrogens with zero attached hydrogens (tertiary/aromatic N) is 2. The zero-order valence-electron chi connectivity index (χ0n) is 15.6. The number of benzene rings is 2. The Morgan fingerprint density at radius 1 is 1.03 bits per heavy atom. The highest BCUT2D eigenvalue weighted by molar-refractivity contribution is 7.99. The van der Waals surface area contributed by atoms with Gasteiger partial charge in [0, 0.05) is 5.56 Å². The molecule has 3 rings (SSSR count). The minimum Gasteiger partial charge on any atom is -0.493 e. The van der Waals surface area contributed by atoms with Crippen molar-refractivity contribution >= 4 is 46.6 Å². The van der Waals surface area contributed by atoms with Crippen molar-refractivity contribution in [1.82, 2.24) is 10.2 Å². The molecule has 0 aliphatic rings. The van der Waals surface area contributed by atoms with Crippen molar-refractivity contribution in [2.24, 2.45) is 0 Å². The maximum Gasteiger partial charge on any atom is 0.234 e. The van der Waals surface area contributed by atoms with Crippen molar-refractivity contribution in [3.8, 4) is 22.8 Å². The third-order valence-electron chi connectivity index (χ3n) is 3.90. The number of carbonyl (C=O) groups excluding carboxylic acids is 1. The van der Waals surface area contributed by atoms with Gasteiger partial charge in [0.05, 0.1) is 41.4 Å². The molecule has 6 nitrogen and oxygen atoms in total. The summed E-state index contributed by atoms with van der Waals surface area (Å²) in [6.07, 6.45) is 0. The molecular weight excluding hydrogens is 433 g/mol. The lowest BCUT2D eigenvalue weighted by molar-refractivity contribution is -0.113. The van der Waals surface area contributed by atoms with Crippen LogP contribution >= 0.6 is 35.0 Å². The number of halogens is 2. The van der Waals surface area contributed by atoms with E-state index in [-0.39, 0.29) is 11.7 Å². The summed E-state index contributed by atoms with van der Waals surface area (Å²) in [4.78, 5) is 12.2. The van der Waals surface area contributed by atoms with Gasteiger partial charge in [-0.05, 0) is 42.5 Å². The number of nitrogens with one attached hydrogen (secondary N) is 1. The van der Waals surface area contributed by atoms with Gasteiger partial charge in [-0.25, -0.2) is 0 Å². The molecule has 1 amide bonds.